The van der Waals surface area contributed by atoms with Gasteiger partial charge in [0.2, 0.25) is 0 Å². The van der Waals surface area contributed by atoms with Gasteiger partial charge in [0, 0.05) is 6.07 Å². The van der Waals surface area contributed by atoms with Crippen LogP contribution in [-0.2, 0) is 0 Å². The molecule has 4 nitrogen and oxygen atoms in total. The number of H-pyrrole nitrogens is 1. The molecule has 0 amide bonds. The molecule has 1 N–H and O–H groups in total. The lowest BCUT2D eigenvalue weighted by atomic mass is 10.2. The predicted molar refractivity (Wildman–Crippen MR) is 80.1 cm³/mol. The summed E-state index contributed by atoms with van der Waals surface area (Å²) in [6.07, 6.45) is 0. The maximum atomic E-state index is 12.2. The molecule has 5 heteroatoms. The number of nitrogens with one attached hydrogen (secondary N) is 1. The summed E-state index contributed by atoms with van der Waals surface area (Å²) in [6.45, 7) is 2.49. The number of benzene rings is 2. The first kappa shape index (κ1) is 12.8. The molecule has 0 atom stereocenters. The Morgan fingerprint density at radius 3 is 2.80 bits per heavy atom. The monoisotopic (exact) mass is 288 g/mol. The normalized spacial score (nSPS) is 10.9. The third-order valence-corrected chi connectivity index (χ3v) is 3.38. The van der Waals surface area contributed by atoms with E-state index in [1.54, 1.807) is 10.6 Å². The highest BCUT2D eigenvalue weighted by Crippen LogP contribution is 2.25. The molecule has 1 aromatic heterocycles. The number of nitrogens with zero attached hydrogens (tertiary/aromatic N) is 1. The summed E-state index contributed by atoms with van der Waals surface area (Å²) >= 11 is 6.18. The Labute approximate surface area is 120 Å². The van der Waals surface area contributed by atoms with E-state index in [2.05, 4.69) is 4.98 Å². The van der Waals surface area contributed by atoms with Gasteiger partial charge in [-0.15, -0.1) is 0 Å². The van der Waals surface area contributed by atoms with Crippen LogP contribution in [0, 0.1) is 0 Å². The molecule has 0 radical (unpaired) electrons. The third kappa shape index (κ3) is 2.08. The van der Waals surface area contributed by atoms with E-state index in [1.165, 1.54) is 0 Å². The van der Waals surface area contributed by atoms with Gasteiger partial charge in [0.15, 0.2) is 0 Å². The number of aromatic amines is 1. The van der Waals surface area contributed by atoms with Crippen LogP contribution in [0.1, 0.15) is 6.92 Å². The van der Waals surface area contributed by atoms with Crippen LogP contribution in [-0.4, -0.2) is 16.2 Å². The van der Waals surface area contributed by atoms with E-state index in [1.807, 2.05) is 43.3 Å². The van der Waals surface area contributed by atoms with Crippen molar-refractivity contribution >= 4 is 22.6 Å². The fourth-order valence-corrected chi connectivity index (χ4v) is 2.43. The van der Waals surface area contributed by atoms with E-state index >= 15 is 0 Å². The average Bonchev–Trinajstić information content (AvgIpc) is 2.75. The van der Waals surface area contributed by atoms with Gasteiger partial charge in [0.25, 0.3) is 0 Å². The van der Waals surface area contributed by atoms with Gasteiger partial charge in [0.1, 0.15) is 5.75 Å². The lowest BCUT2D eigenvalue weighted by Crippen LogP contribution is -2.14. The number of hydrogen-bond acceptors (Lipinski definition) is 2. The molecule has 0 aliphatic rings. The number of rotatable bonds is 3. The van der Waals surface area contributed by atoms with Gasteiger partial charge >= 0.3 is 5.69 Å². The van der Waals surface area contributed by atoms with Crippen LogP contribution in [0.4, 0.5) is 0 Å². The summed E-state index contributed by atoms with van der Waals surface area (Å²) in [5.74, 6) is 0.722. The Kier molecular flexibility index (Phi) is 3.24. The minimum absolute atomic E-state index is 0.221. The van der Waals surface area contributed by atoms with E-state index < -0.39 is 0 Å². The summed E-state index contributed by atoms with van der Waals surface area (Å²) in [5.41, 5.74) is 1.92. The second-order valence-corrected chi connectivity index (χ2v) is 4.74. The summed E-state index contributed by atoms with van der Waals surface area (Å²) in [7, 11) is 0. The molecular weight excluding hydrogens is 276 g/mol. The third-order valence-electron chi connectivity index (χ3n) is 3.06. The minimum Gasteiger partial charge on any atom is -0.494 e. The largest absolute Gasteiger partial charge is 0.494 e. The van der Waals surface area contributed by atoms with Crippen LogP contribution in [0.5, 0.6) is 5.75 Å². The number of fused-ring (bicyclic) bond motifs is 1. The summed E-state index contributed by atoms with van der Waals surface area (Å²) < 4.78 is 7.04. The Morgan fingerprint density at radius 1 is 1.25 bits per heavy atom. The molecule has 20 heavy (non-hydrogen) atoms. The Hall–Kier alpha value is -2.20. The molecule has 3 rings (SSSR count). The van der Waals surface area contributed by atoms with E-state index in [0.29, 0.717) is 17.3 Å². The second kappa shape index (κ2) is 5.06. The van der Waals surface area contributed by atoms with Crippen LogP contribution in [0.3, 0.4) is 0 Å². The number of aromatic nitrogens is 2. The maximum Gasteiger partial charge on any atom is 0.331 e. The predicted octanol–water partition coefficient (Wildman–Crippen LogP) is 3.37. The topological polar surface area (TPSA) is 47.0 Å². The van der Waals surface area contributed by atoms with Crippen LogP contribution >= 0.6 is 11.6 Å². The first-order chi connectivity index (χ1) is 9.70. The van der Waals surface area contributed by atoms with Gasteiger partial charge in [0.05, 0.1) is 28.4 Å². The smallest absolute Gasteiger partial charge is 0.331 e. The lowest BCUT2D eigenvalue weighted by molar-refractivity contribution is 0.340. The molecular formula is C15H13ClN2O2. The molecule has 3 aromatic rings. The molecule has 0 saturated carbocycles. The number of hydrogen-bond donors (Lipinski definition) is 1. The molecule has 102 valence electrons. The lowest BCUT2D eigenvalue weighted by Gasteiger charge is -2.07. The van der Waals surface area contributed by atoms with E-state index in [9.17, 15) is 4.79 Å². The van der Waals surface area contributed by atoms with E-state index in [4.69, 9.17) is 16.3 Å². The molecule has 1 heterocycles. The van der Waals surface area contributed by atoms with Gasteiger partial charge in [-0.3, -0.25) is 4.57 Å². The zero-order valence-corrected chi connectivity index (χ0v) is 11.6. The Morgan fingerprint density at radius 2 is 2.05 bits per heavy atom. The molecule has 0 spiro atoms. The summed E-state index contributed by atoms with van der Waals surface area (Å²) in [4.78, 5) is 15.0. The SMILES string of the molecule is CCOc1ccc2[nH]c(=O)n(-c3ccccc3Cl)c2c1. The quantitative estimate of drug-likeness (QED) is 0.803. The fourth-order valence-electron chi connectivity index (χ4n) is 2.21. The first-order valence-corrected chi connectivity index (χ1v) is 6.71. The zero-order valence-electron chi connectivity index (χ0n) is 10.9. The second-order valence-electron chi connectivity index (χ2n) is 4.33. The van der Waals surface area contributed by atoms with Gasteiger partial charge in [-0.1, -0.05) is 23.7 Å². The highest BCUT2D eigenvalue weighted by atomic mass is 35.5. The molecule has 0 aliphatic carbocycles. The van der Waals surface area contributed by atoms with E-state index in [-0.39, 0.29) is 5.69 Å². The van der Waals surface area contributed by atoms with Crippen molar-refractivity contribution in [3.05, 3.63) is 58.0 Å². The van der Waals surface area contributed by atoms with Crippen molar-refractivity contribution in [2.75, 3.05) is 6.61 Å². The van der Waals surface area contributed by atoms with Crippen LogP contribution in [0.2, 0.25) is 5.02 Å². The standard InChI is InChI=1S/C15H13ClN2O2/c1-2-20-10-7-8-12-14(9-10)18(15(19)17-12)13-6-4-3-5-11(13)16/h3-9H,2H2,1H3,(H,17,19). The van der Waals surface area contributed by atoms with Crippen LogP contribution in [0.25, 0.3) is 16.7 Å². The Bertz CT molecular complexity index is 820. The van der Waals surface area contributed by atoms with Gasteiger partial charge < -0.3 is 9.72 Å². The molecule has 2 aromatic carbocycles. The molecule has 0 bridgehead atoms. The molecule has 0 aliphatic heterocycles. The summed E-state index contributed by atoms with van der Waals surface area (Å²) in [5, 5.41) is 0.525. The molecule has 0 fully saturated rings. The van der Waals surface area contributed by atoms with Crippen molar-refractivity contribution in [1.29, 1.82) is 0 Å². The van der Waals surface area contributed by atoms with Crippen molar-refractivity contribution < 1.29 is 4.74 Å². The van der Waals surface area contributed by atoms with E-state index in [0.717, 1.165) is 16.8 Å². The highest BCUT2D eigenvalue weighted by Gasteiger charge is 2.11. The molecule has 0 unspecified atom stereocenters. The highest BCUT2D eigenvalue weighted by molar-refractivity contribution is 6.32. The number of ether oxygens (including phenoxy) is 1. The summed E-state index contributed by atoms with van der Waals surface area (Å²) in [6, 6.07) is 12.7. The van der Waals surface area contributed by atoms with Crippen molar-refractivity contribution in [3.63, 3.8) is 0 Å². The van der Waals surface area contributed by atoms with Crippen molar-refractivity contribution in [3.8, 4) is 11.4 Å². The van der Waals surface area contributed by atoms with Crippen LogP contribution < -0.4 is 10.4 Å². The van der Waals surface area contributed by atoms with Gasteiger partial charge in [-0.2, -0.15) is 0 Å². The maximum absolute atomic E-state index is 12.2. The van der Waals surface area contributed by atoms with Crippen molar-refractivity contribution in [1.82, 2.24) is 9.55 Å². The minimum atomic E-state index is -0.221. The van der Waals surface area contributed by atoms with Crippen LogP contribution in [0.15, 0.2) is 47.3 Å². The Balaban J connectivity index is 2.29. The zero-order chi connectivity index (χ0) is 14.1. The fraction of sp³-hybridized carbons (Fsp3) is 0.133. The van der Waals surface area contributed by atoms with Crippen molar-refractivity contribution in [2.45, 2.75) is 6.92 Å². The number of para-hydroxylation sites is 1. The average molecular weight is 289 g/mol. The number of imidazole rings is 1. The molecule has 0 saturated heterocycles. The van der Waals surface area contributed by atoms with Crippen molar-refractivity contribution in [2.24, 2.45) is 0 Å². The van der Waals surface area contributed by atoms with Gasteiger partial charge in [-0.25, -0.2) is 4.79 Å². The van der Waals surface area contributed by atoms with Gasteiger partial charge in [-0.05, 0) is 31.2 Å². The number of halogens is 1. The first-order valence-electron chi connectivity index (χ1n) is 6.33.